The van der Waals surface area contributed by atoms with Crippen molar-refractivity contribution in [3.05, 3.63) is 60.2 Å². The quantitative estimate of drug-likeness (QED) is 0.678. The summed E-state index contributed by atoms with van der Waals surface area (Å²) in [6.07, 6.45) is 0.532. The van der Waals surface area contributed by atoms with Gasteiger partial charge in [0.05, 0.1) is 17.7 Å². The molecule has 0 aliphatic carbocycles. The molecule has 0 aliphatic rings. The van der Waals surface area contributed by atoms with Crippen LogP contribution in [-0.2, 0) is 4.79 Å². The van der Waals surface area contributed by atoms with E-state index in [9.17, 15) is 9.59 Å². The Morgan fingerprint density at radius 2 is 1.72 bits per heavy atom. The maximum absolute atomic E-state index is 12.6. The lowest BCUT2D eigenvalue weighted by Crippen LogP contribution is -2.50. The lowest BCUT2D eigenvalue weighted by atomic mass is 10.1. The Morgan fingerprint density at radius 3 is 2.34 bits per heavy atom. The predicted octanol–water partition coefficient (Wildman–Crippen LogP) is 3.40. The van der Waals surface area contributed by atoms with Crippen LogP contribution in [0.15, 0.2) is 54.6 Å². The largest absolute Gasteiger partial charge is 0.491 e. The van der Waals surface area contributed by atoms with Gasteiger partial charge in [0.1, 0.15) is 24.1 Å². The molecule has 29 heavy (non-hydrogen) atoms. The number of amides is 2. The highest BCUT2D eigenvalue weighted by molar-refractivity contribution is 5.86. The third-order valence-electron chi connectivity index (χ3n) is 4.01. The van der Waals surface area contributed by atoms with E-state index in [0.717, 1.165) is 6.42 Å². The summed E-state index contributed by atoms with van der Waals surface area (Å²) in [7, 11) is 0. The van der Waals surface area contributed by atoms with E-state index < -0.39 is 12.1 Å². The van der Waals surface area contributed by atoms with Crippen LogP contribution in [0.1, 0.15) is 32.3 Å². The molecule has 0 spiro atoms. The highest BCUT2D eigenvalue weighted by Gasteiger charge is 2.22. The minimum atomic E-state index is -0.700. The van der Waals surface area contributed by atoms with Gasteiger partial charge in [-0.05, 0) is 49.7 Å². The summed E-state index contributed by atoms with van der Waals surface area (Å²) in [6, 6.07) is 16.5. The summed E-state index contributed by atoms with van der Waals surface area (Å²) in [6.45, 7) is 4.00. The molecule has 0 saturated carbocycles. The van der Waals surface area contributed by atoms with Gasteiger partial charge in [-0.3, -0.25) is 4.79 Å². The van der Waals surface area contributed by atoms with Crippen molar-refractivity contribution in [2.24, 2.45) is 0 Å². The van der Waals surface area contributed by atoms with Gasteiger partial charge in [-0.15, -0.1) is 0 Å². The van der Waals surface area contributed by atoms with Crippen molar-refractivity contribution in [1.82, 2.24) is 10.6 Å². The van der Waals surface area contributed by atoms with Crippen LogP contribution in [0, 0.1) is 11.3 Å². The van der Waals surface area contributed by atoms with Gasteiger partial charge in [-0.25, -0.2) is 4.79 Å². The third-order valence-corrected chi connectivity index (χ3v) is 4.01. The van der Waals surface area contributed by atoms with Crippen molar-refractivity contribution >= 4 is 12.0 Å². The van der Waals surface area contributed by atoms with Crippen LogP contribution in [0.3, 0.4) is 0 Å². The van der Waals surface area contributed by atoms with E-state index in [4.69, 9.17) is 14.7 Å². The van der Waals surface area contributed by atoms with E-state index in [1.807, 2.05) is 26.0 Å². The maximum Gasteiger partial charge on any atom is 0.413 e. The van der Waals surface area contributed by atoms with Gasteiger partial charge in [0, 0.05) is 0 Å². The van der Waals surface area contributed by atoms with E-state index >= 15 is 0 Å². The van der Waals surface area contributed by atoms with Gasteiger partial charge in [0.15, 0.2) is 0 Å². The molecule has 0 fully saturated rings. The lowest BCUT2D eigenvalue weighted by Gasteiger charge is -2.21. The Balaban J connectivity index is 1.83. The summed E-state index contributed by atoms with van der Waals surface area (Å²) in [5, 5.41) is 14.3. The van der Waals surface area contributed by atoms with E-state index in [1.165, 1.54) is 0 Å². The molecule has 0 saturated heterocycles. The first kappa shape index (κ1) is 21.8. The first-order valence-corrected chi connectivity index (χ1v) is 9.48. The van der Waals surface area contributed by atoms with Crippen molar-refractivity contribution in [2.75, 3.05) is 6.61 Å². The second kappa shape index (κ2) is 11.3. The molecule has 2 N–H and O–H groups in total. The van der Waals surface area contributed by atoms with Crippen LogP contribution in [0.4, 0.5) is 4.79 Å². The van der Waals surface area contributed by atoms with Crippen LogP contribution < -0.4 is 20.1 Å². The van der Waals surface area contributed by atoms with Gasteiger partial charge >= 0.3 is 6.09 Å². The molecule has 7 heteroatoms. The molecular weight excluding hydrogens is 370 g/mol. The molecule has 1 unspecified atom stereocenters. The van der Waals surface area contributed by atoms with Gasteiger partial charge in [0.25, 0.3) is 0 Å². The molecule has 0 radical (unpaired) electrons. The molecule has 2 atom stereocenters. The number of carbonyl (C=O) groups excluding carboxylic acids is 2. The Bertz CT molecular complexity index is 831. The first-order chi connectivity index (χ1) is 14.0. The number of hydrogen-bond acceptors (Lipinski definition) is 5. The van der Waals surface area contributed by atoms with Crippen molar-refractivity contribution in [2.45, 2.75) is 38.8 Å². The molecular formula is C22H25N3O4. The number of ether oxygens (including phenoxy) is 2. The molecule has 0 bridgehead atoms. The molecule has 2 amide bonds. The topological polar surface area (TPSA) is 100 Å². The van der Waals surface area contributed by atoms with E-state index in [1.54, 1.807) is 48.5 Å². The van der Waals surface area contributed by atoms with Crippen molar-refractivity contribution < 1.29 is 19.1 Å². The van der Waals surface area contributed by atoms with Gasteiger partial charge in [-0.2, -0.15) is 5.26 Å². The molecule has 2 aromatic rings. The zero-order valence-electron chi connectivity index (χ0n) is 16.6. The summed E-state index contributed by atoms with van der Waals surface area (Å²) >= 11 is 0. The number of rotatable bonds is 9. The first-order valence-electron chi connectivity index (χ1n) is 9.48. The highest BCUT2D eigenvalue weighted by Crippen LogP contribution is 2.12. The molecule has 7 nitrogen and oxygen atoms in total. The molecule has 2 rings (SSSR count). The minimum absolute atomic E-state index is 0.255. The smallest absolute Gasteiger partial charge is 0.413 e. The number of benzene rings is 2. The standard InChI is InChI=1S/C22H25N3O4/c1-3-7-20(25-22(27)29-19-8-5-4-6-9-19)21(26)24-16(2)15-28-18-12-10-17(14-23)11-13-18/h4-6,8-13,16,20H,3,7,15H2,1-2H3,(H,24,26)(H,25,27)/t16?,20-/m0/s1. The zero-order chi connectivity index (χ0) is 21.1. The normalized spacial score (nSPS) is 12.2. The zero-order valence-corrected chi connectivity index (χ0v) is 16.6. The SMILES string of the molecule is CCC[C@H](NC(=O)Oc1ccccc1)C(=O)NC(C)COc1ccc(C#N)cc1. The Morgan fingerprint density at radius 1 is 1.03 bits per heavy atom. The second-order valence-corrected chi connectivity index (χ2v) is 6.54. The molecule has 0 aromatic heterocycles. The fourth-order valence-corrected chi connectivity index (χ4v) is 2.56. The number of carbonyl (C=O) groups is 2. The minimum Gasteiger partial charge on any atom is -0.491 e. The second-order valence-electron chi connectivity index (χ2n) is 6.54. The van der Waals surface area contributed by atoms with Crippen LogP contribution >= 0.6 is 0 Å². The van der Waals surface area contributed by atoms with Crippen LogP contribution in [0.25, 0.3) is 0 Å². The fourth-order valence-electron chi connectivity index (χ4n) is 2.56. The molecule has 0 aliphatic heterocycles. The Hall–Kier alpha value is -3.53. The summed E-state index contributed by atoms with van der Waals surface area (Å²) < 4.78 is 10.8. The average molecular weight is 395 g/mol. The van der Waals surface area contributed by atoms with Crippen LogP contribution in [0.2, 0.25) is 0 Å². The molecule has 152 valence electrons. The number of hydrogen-bond donors (Lipinski definition) is 2. The summed E-state index contributed by atoms with van der Waals surface area (Å²) in [5.41, 5.74) is 0.551. The van der Waals surface area contributed by atoms with Crippen LogP contribution in [0.5, 0.6) is 11.5 Å². The van der Waals surface area contributed by atoms with Gasteiger partial charge in [-0.1, -0.05) is 31.5 Å². The Kier molecular flexibility index (Phi) is 8.51. The number of nitriles is 1. The maximum atomic E-state index is 12.6. The average Bonchev–Trinajstić information content (AvgIpc) is 2.73. The summed E-state index contributed by atoms with van der Waals surface area (Å²) in [5.74, 6) is 0.720. The predicted molar refractivity (Wildman–Crippen MR) is 109 cm³/mol. The van der Waals surface area contributed by atoms with E-state index in [2.05, 4.69) is 10.6 Å². The monoisotopic (exact) mass is 395 g/mol. The molecule has 0 heterocycles. The fraction of sp³-hybridized carbons (Fsp3) is 0.318. The molecule has 2 aromatic carbocycles. The van der Waals surface area contributed by atoms with Crippen LogP contribution in [-0.4, -0.2) is 30.7 Å². The lowest BCUT2D eigenvalue weighted by molar-refractivity contribution is -0.124. The van der Waals surface area contributed by atoms with Crippen molar-refractivity contribution in [1.29, 1.82) is 5.26 Å². The van der Waals surface area contributed by atoms with Crippen molar-refractivity contribution in [3.63, 3.8) is 0 Å². The Labute approximate surface area is 170 Å². The third kappa shape index (κ3) is 7.54. The number of para-hydroxylation sites is 1. The van der Waals surface area contributed by atoms with E-state index in [0.29, 0.717) is 23.5 Å². The van der Waals surface area contributed by atoms with E-state index in [-0.39, 0.29) is 18.6 Å². The van der Waals surface area contributed by atoms with Crippen molar-refractivity contribution in [3.8, 4) is 17.6 Å². The highest BCUT2D eigenvalue weighted by atomic mass is 16.6. The number of nitrogens with zero attached hydrogens (tertiary/aromatic N) is 1. The summed E-state index contributed by atoms with van der Waals surface area (Å²) in [4.78, 5) is 24.6. The number of nitrogens with one attached hydrogen (secondary N) is 2. The van der Waals surface area contributed by atoms with Gasteiger partial charge < -0.3 is 20.1 Å². The van der Waals surface area contributed by atoms with Gasteiger partial charge in [0.2, 0.25) is 5.91 Å².